The summed E-state index contributed by atoms with van der Waals surface area (Å²) in [6.07, 6.45) is 17.3. The van der Waals surface area contributed by atoms with Crippen LogP contribution in [0.15, 0.2) is 0 Å². The quantitative estimate of drug-likeness (QED) is 0.384. The number of hydrogen-bond donors (Lipinski definition) is 1. The highest BCUT2D eigenvalue weighted by molar-refractivity contribution is 9.09. The lowest BCUT2D eigenvalue weighted by Crippen LogP contribution is -3.02. The molecule has 2 heteroatoms. The molecule has 0 aliphatic heterocycles. The van der Waals surface area contributed by atoms with Crippen molar-refractivity contribution < 1.29 is 4.90 Å². The van der Waals surface area contributed by atoms with E-state index in [4.69, 9.17) is 0 Å². The summed E-state index contributed by atoms with van der Waals surface area (Å²) in [6.45, 7) is 2.28. The third-order valence-electron chi connectivity index (χ3n) is 2.99. The number of hydrogen-bond acceptors (Lipinski definition) is 0. The van der Waals surface area contributed by atoms with E-state index in [0.29, 0.717) is 0 Å². The Morgan fingerprint density at radius 1 is 0.579 bits per heavy atom. The number of nitrogens with one attached hydrogen (secondary N) is 1. The van der Waals surface area contributed by atoms with Crippen molar-refractivity contribution in [3.63, 3.8) is 0 Å². The van der Waals surface area contributed by atoms with Gasteiger partial charge in [-0.3, -0.25) is 0 Å². The van der Waals surface area contributed by atoms with Gasteiger partial charge in [-0.05, 0) is 6.42 Å². The minimum absolute atomic E-state index is 1.18. The van der Waals surface area contributed by atoms with E-state index in [-0.39, 0.29) is 0 Å². The lowest BCUT2D eigenvalue weighted by molar-refractivity contribution is -0.836. The fourth-order valence-electron chi connectivity index (χ4n) is 1.94. The molecule has 0 amide bonds. The number of halogens is 1. The highest BCUT2D eigenvalue weighted by Crippen LogP contribution is 2.11. The van der Waals surface area contributed by atoms with Crippen LogP contribution in [0.4, 0.5) is 0 Å². The molecule has 0 fully saturated rings. The van der Waals surface area contributed by atoms with Crippen LogP contribution in [0.3, 0.4) is 0 Å². The number of quaternary nitrogens is 1. The Morgan fingerprint density at radius 2 is 0.842 bits per heavy atom. The molecule has 0 heterocycles. The summed E-state index contributed by atoms with van der Waals surface area (Å²) in [4.78, 5) is 1.42. The van der Waals surface area contributed by atoms with Gasteiger partial charge in [-0.1, -0.05) is 93.5 Å². The maximum atomic E-state index is 3.47. The van der Waals surface area contributed by atoms with Crippen molar-refractivity contribution in [2.75, 3.05) is 26.5 Å². The van der Waals surface area contributed by atoms with Crippen LogP contribution in [0.2, 0.25) is 0 Å². The summed E-state index contributed by atoms with van der Waals surface area (Å²) >= 11 is 3.47. The monoisotopic (exact) mass is 336 g/mol. The van der Waals surface area contributed by atoms with Crippen molar-refractivity contribution in [1.29, 1.82) is 0 Å². The van der Waals surface area contributed by atoms with E-state index in [2.05, 4.69) is 44.0 Å². The van der Waals surface area contributed by atoms with Gasteiger partial charge in [0.1, 0.15) is 0 Å². The predicted molar refractivity (Wildman–Crippen MR) is 93.6 cm³/mol. The van der Waals surface area contributed by atoms with E-state index in [9.17, 15) is 0 Å². The molecule has 0 aromatic rings. The Kier molecular flexibility index (Phi) is 23.7. The first kappa shape index (κ1) is 21.7. The molecule has 0 atom stereocenters. The zero-order chi connectivity index (χ0) is 14.8. The summed E-state index contributed by atoms with van der Waals surface area (Å²) in [5.41, 5.74) is 0. The average molecular weight is 337 g/mol. The fourth-order valence-corrected chi connectivity index (χ4v) is 2.33. The van der Waals surface area contributed by atoms with Gasteiger partial charge >= 0.3 is 0 Å². The first-order chi connectivity index (χ1) is 9.15. The smallest absolute Gasteiger partial charge is 0.0661 e. The van der Waals surface area contributed by atoms with Crippen molar-refractivity contribution >= 4 is 15.9 Å². The third kappa shape index (κ3) is 32.2. The molecule has 0 unspecified atom stereocenters. The molecule has 0 saturated carbocycles. The van der Waals surface area contributed by atoms with E-state index >= 15 is 0 Å². The molecule has 0 aliphatic rings. The Labute approximate surface area is 131 Å². The topological polar surface area (TPSA) is 4.44 Å². The maximum absolute atomic E-state index is 3.47. The Balaban J connectivity index is 0. The summed E-state index contributed by atoms with van der Waals surface area (Å²) in [7, 11) is 6.25. The van der Waals surface area contributed by atoms with Gasteiger partial charge in [-0.25, -0.2) is 0 Å². The van der Waals surface area contributed by atoms with Gasteiger partial charge in [0.25, 0.3) is 0 Å². The van der Waals surface area contributed by atoms with Gasteiger partial charge < -0.3 is 4.90 Å². The largest absolute Gasteiger partial charge is 0.342 e. The van der Waals surface area contributed by atoms with Crippen molar-refractivity contribution in [2.24, 2.45) is 0 Å². The van der Waals surface area contributed by atoms with Gasteiger partial charge in [0.2, 0.25) is 0 Å². The molecule has 0 aromatic carbocycles. The molecule has 19 heavy (non-hydrogen) atoms. The maximum Gasteiger partial charge on any atom is 0.0661 e. The van der Waals surface area contributed by atoms with Crippen molar-refractivity contribution in [3.8, 4) is 0 Å². The highest BCUT2D eigenvalue weighted by Gasteiger charge is 1.92. The molecule has 0 saturated heterocycles. The SMILES string of the molecule is CCCCCCCCCCCCCCBr.C[NH+](C)C. The van der Waals surface area contributed by atoms with Crippen LogP contribution in [0, 0.1) is 0 Å². The molecular weight excluding hydrogens is 298 g/mol. The van der Waals surface area contributed by atoms with Crippen LogP contribution >= 0.6 is 15.9 Å². The van der Waals surface area contributed by atoms with Crippen LogP contribution in [0.25, 0.3) is 0 Å². The summed E-state index contributed by atoms with van der Waals surface area (Å²) in [5.74, 6) is 0. The zero-order valence-electron chi connectivity index (χ0n) is 14.1. The van der Waals surface area contributed by atoms with Crippen LogP contribution in [0.5, 0.6) is 0 Å². The van der Waals surface area contributed by atoms with Crippen molar-refractivity contribution in [2.45, 2.75) is 84.0 Å². The molecule has 0 aliphatic carbocycles. The molecule has 0 aromatic heterocycles. The van der Waals surface area contributed by atoms with Gasteiger partial charge in [-0.15, -0.1) is 0 Å². The molecule has 0 rings (SSSR count). The van der Waals surface area contributed by atoms with E-state index in [1.165, 1.54) is 87.3 Å². The van der Waals surface area contributed by atoms with Crippen LogP contribution < -0.4 is 4.90 Å². The van der Waals surface area contributed by atoms with Gasteiger partial charge in [-0.2, -0.15) is 0 Å². The standard InChI is InChI=1S/C14H29Br.C3H9N/c1-2-3-4-5-6-7-8-9-10-11-12-13-14-15;1-4(2)3/h2-14H2,1H3;1-3H3/p+1. The van der Waals surface area contributed by atoms with Gasteiger partial charge in [0.15, 0.2) is 0 Å². The van der Waals surface area contributed by atoms with E-state index in [0.717, 1.165) is 0 Å². The second-order valence-corrected chi connectivity index (χ2v) is 6.87. The van der Waals surface area contributed by atoms with Crippen molar-refractivity contribution in [1.82, 2.24) is 0 Å². The van der Waals surface area contributed by atoms with Gasteiger partial charge in [0.05, 0.1) is 21.1 Å². The predicted octanol–water partition coefficient (Wildman–Crippen LogP) is 4.84. The molecule has 0 radical (unpaired) electrons. The molecule has 1 nitrogen and oxygen atoms in total. The minimum Gasteiger partial charge on any atom is -0.342 e. The van der Waals surface area contributed by atoms with Crippen LogP contribution in [-0.4, -0.2) is 26.5 Å². The number of alkyl halides is 1. The molecule has 1 N–H and O–H groups in total. The fraction of sp³-hybridized carbons (Fsp3) is 1.00. The molecule has 0 spiro atoms. The summed E-state index contributed by atoms with van der Waals surface area (Å²) < 4.78 is 0. The molecule has 118 valence electrons. The summed E-state index contributed by atoms with van der Waals surface area (Å²) in [6, 6.07) is 0. The minimum atomic E-state index is 1.18. The lowest BCUT2D eigenvalue weighted by atomic mass is 10.1. The van der Waals surface area contributed by atoms with Gasteiger partial charge in [0, 0.05) is 5.33 Å². The number of unbranched alkanes of at least 4 members (excludes halogenated alkanes) is 11. The Hall–Kier alpha value is 0.440. The lowest BCUT2D eigenvalue weighted by Gasteiger charge is -2.01. The average Bonchev–Trinajstić information content (AvgIpc) is 2.35. The first-order valence-electron chi connectivity index (χ1n) is 8.47. The number of rotatable bonds is 12. The normalized spacial score (nSPS) is 10.4. The van der Waals surface area contributed by atoms with E-state index < -0.39 is 0 Å². The Morgan fingerprint density at radius 3 is 1.11 bits per heavy atom. The van der Waals surface area contributed by atoms with Crippen molar-refractivity contribution in [3.05, 3.63) is 0 Å². The second kappa shape index (κ2) is 20.8. The third-order valence-corrected chi connectivity index (χ3v) is 3.55. The summed E-state index contributed by atoms with van der Waals surface area (Å²) in [5, 5.41) is 1.18. The van der Waals surface area contributed by atoms with Crippen LogP contribution in [0.1, 0.15) is 84.0 Å². The van der Waals surface area contributed by atoms with Crippen LogP contribution in [-0.2, 0) is 0 Å². The molecule has 0 bridgehead atoms. The molecular formula is C17H39BrN+. The zero-order valence-corrected chi connectivity index (χ0v) is 15.7. The first-order valence-corrected chi connectivity index (χ1v) is 9.60. The Bertz CT molecular complexity index is 122. The van der Waals surface area contributed by atoms with E-state index in [1.54, 1.807) is 0 Å². The second-order valence-electron chi connectivity index (χ2n) is 6.08. The van der Waals surface area contributed by atoms with E-state index in [1.807, 2.05) is 0 Å². The highest BCUT2D eigenvalue weighted by atomic mass is 79.9.